The molecule has 0 radical (unpaired) electrons. The second-order valence-corrected chi connectivity index (χ2v) is 8.03. The quantitative estimate of drug-likeness (QED) is 0.597. The smallest absolute Gasteiger partial charge is 0.253 e. The summed E-state index contributed by atoms with van der Waals surface area (Å²) in [4.78, 5) is 39.5. The molecule has 164 valence electrons. The van der Waals surface area contributed by atoms with E-state index in [1.54, 1.807) is 12.0 Å². The fourth-order valence-corrected chi connectivity index (χ4v) is 3.76. The number of benzene rings is 1. The zero-order valence-electron chi connectivity index (χ0n) is 17.4. The number of hydrogen-bond acceptors (Lipinski definition) is 4. The molecule has 1 heterocycles. The minimum absolute atomic E-state index is 0.0222. The Morgan fingerprint density at radius 2 is 1.80 bits per heavy atom. The van der Waals surface area contributed by atoms with Crippen LogP contribution in [-0.2, 0) is 14.3 Å². The van der Waals surface area contributed by atoms with Crippen LogP contribution in [0.25, 0.3) is 0 Å². The van der Waals surface area contributed by atoms with Crippen LogP contribution in [0.4, 0.5) is 4.39 Å². The van der Waals surface area contributed by atoms with E-state index in [0.29, 0.717) is 51.1 Å². The summed E-state index contributed by atoms with van der Waals surface area (Å²) in [5.41, 5.74) is 0.448. The molecular formula is C22H30FN3O4. The number of likely N-dealkylation sites (tertiary alicyclic amines) is 1. The number of nitrogens with one attached hydrogen (secondary N) is 2. The van der Waals surface area contributed by atoms with Crippen LogP contribution >= 0.6 is 0 Å². The Bertz CT molecular complexity index is 743. The molecule has 1 atom stereocenters. The summed E-state index contributed by atoms with van der Waals surface area (Å²) in [7, 11) is 1.61. The predicted molar refractivity (Wildman–Crippen MR) is 109 cm³/mol. The van der Waals surface area contributed by atoms with E-state index in [1.807, 2.05) is 0 Å². The van der Waals surface area contributed by atoms with Crippen LogP contribution in [-0.4, -0.2) is 62.0 Å². The number of carbonyl (C=O) groups excluding carboxylic acids is 3. The average Bonchev–Trinajstić information content (AvgIpc) is 3.60. The molecule has 2 aliphatic rings. The number of amides is 3. The molecule has 30 heavy (non-hydrogen) atoms. The lowest BCUT2D eigenvalue weighted by Gasteiger charge is -2.36. The van der Waals surface area contributed by atoms with Gasteiger partial charge in [-0.1, -0.05) is 0 Å². The van der Waals surface area contributed by atoms with Crippen LogP contribution in [0.15, 0.2) is 24.3 Å². The van der Waals surface area contributed by atoms with E-state index >= 15 is 0 Å². The van der Waals surface area contributed by atoms with Crippen molar-refractivity contribution in [2.24, 2.45) is 11.8 Å². The Balaban J connectivity index is 1.57. The van der Waals surface area contributed by atoms with Crippen molar-refractivity contribution in [2.45, 2.75) is 38.1 Å². The maximum atomic E-state index is 13.1. The number of nitrogens with zero attached hydrogens (tertiary/aromatic N) is 1. The van der Waals surface area contributed by atoms with Gasteiger partial charge in [0, 0.05) is 44.8 Å². The molecule has 3 rings (SSSR count). The highest BCUT2D eigenvalue weighted by molar-refractivity contribution is 5.94. The fourth-order valence-electron chi connectivity index (χ4n) is 3.76. The number of halogens is 1. The van der Waals surface area contributed by atoms with Crippen molar-refractivity contribution in [2.75, 3.05) is 33.4 Å². The first-order chi connectivity index (χ1) is 14.5. The molecule has 1 saturated heterocycles. The van der Waals surface area contributed by atoms with Gasteiger partial charge in [-0.15, -0.1) is 0 Å². The number of rotatable bonds is 9. The first kappa shape index (κ1) is 22.2. The summed E-state index contributed by atoms with van der Waals surface area (Å²) in [6.45, 7) is 2.04. The van der Waals surface area contributed by atoms with Crippen molar-refractivity contribution in [3.8, 4) is 0 Å². The van der Waals surface area contributed by atoms with Crippen LogP contribution in [0.2, 0.25) is 0 Å². The zero-order chi connectivity index (χ0) is 21.5. The maximum Gasteiger partial charge on any atom is 0.253 e. The molecule has 8 heteroatoms. The van der Waals surface area contributed by atoms with E-state index < -0.39 is 6.04 Å². The molecule has 2 N–H and O–H groups in total. The molecule has 1 aliphatic carbocycles. The summed E-state index contributed by atoms with van der Waals surface area (Å²) < 4.78 is 18.1. The first-order valence-electron chi connectivity index (χ1n) is 10.6. The Labute approximate surface area is 176 Å². The van der Waals surface area contributed by atoms with Crippen molar-refractivity contribution in [3.05, 3.63) is 35.6 Å². The Morgan fingerprint density at radius 3 is 2.40 bits per heavy atom. The summed E-state index contributed by atoms with van der Waals surface area (Å²) in [6, 6.07) is 4.92. The monoisotopic (exact) mass is 419 g/mol. The van der Waals surface area contributed by atoms with Gasteiger partial charge in [0.15, 0.2) is 0 Å². The SMILES string of the molecule is COCCCNC(=O)C(NC(=O)C1CC1)C1CCN(C(=O)c2ccc(F)cc2)CC1. The van der Waals surface area contributed by atoms with Gasteiger partial charge in [-0.3, -0.25) is 14.4 Å². The zero-order valence-corrected chi connectivity index (χ0v) is 17.4. The summed E-state index contributed by atoms with van der Waals surface area (Å²) in [6.07, 6.45) is 3.69. The lowest BCUT2D eigenvalue weighted by Crippen LogP contribution is -2.54. The first-order valence-corrected chi connectivity index (χ1v) is 10.6. The largest absolute Gasteiger partial charge is 0.385 e. The maximum absolute atomic E-state index is 13.1. The second-order valence-electron chi connectivity index (χ2n) is 8.03. The molecule has 1 aliphatic heterocycles. The molecule has 0 spiro atoms. The molecule has 1 saturated carbocycles. The number of methoxy groups -OCH3 is 1. The number of piperidine rings is 1. The number of ether oxygens (including phenoxy) is 1. The van der Waals surface area contributed by atoms with Crippen LogP contribution in [0.5, 0.6) is 0 Å². The molecule has 1 aromatic rings. The average molecular weight is 419 g/mol. The van der Waals surface area contributed by atoms with Gasteiger partial charge in [0.1, 0.15) is 11.9 Å². The third-order valence-corrected chi connectivity index (χ3v) is 5.74. The molecule has 3 amide bonds. The molecule has 1 aromatic carbocycles. The van der Waals surface area contributed by atoms with E-state index in [4.69, 9.17) is 4.74 Å². The molecule has 1 unspecified atom stereocenters. The summed E-state index contributed by atoms with van der Waals surface area (Å²) >= 11 is 0. The second kappa shape index (κ2) is 10.5. The normalized spacial score (nSPS) is 18.0. The summed E-state index contributed by atoms with van der Waals surface area (Å²) in [5, 5.41) is 5.84. The summed E-state index contributed by atoms with van der Waals surface area (Å²) in [5.74, 6) is -0.770. The predicted octanol–water partition coefficient (Wildman–Crippen LogP) is 1.73. The van der Waals surface area contributed by atoms with Gasteiger partial charge >= 0.3 is 0 Å². The van der Waals surface area contributed by atoms with Crippen molar-refractivity contribution in [3.63, 3.8) is 0 Å². The molecule has 0 aromatic heterocycles. The van der Waals surface area contributed by atoms with E-state index in [0.717, 1.165) is 12.8 Å². The van der Waals surface area contributed by atoms with Crippen molar-refractivity contribution >= 4 is 17.7 Å². The minimum atomic E-state index is -0.594. The Morgan fingerprint density at radius 1 is 1.13 bits per heavy atom. The number of carbonyl (C=O) groups is 3. The van der Waals surface area contributed by atoms with Gasteiger partial charge in [-0.05, 0) is 62.3 Å². The van der Waals surface area contributed by atoms with E-state index in [1.165, 1.54) is 24.3 Å². The van der Waals surface area contributed by atoms with E-state index in [2.05, 4.69) is 10.6 Å². The molecular weight excluding hydrogens is 389 g/mol. The standard InChI is InChI=1S/C22H30FN3O4/c1-30-14-2-11-24-21(28)19(25-20(27)16-3-4-16)15-9-12-26(13-10-15)22(29)17-5-7-18(23)8-6-17/h5-8,15-16,19H,2-4,9-14H2,1H3,(H,24,28)(H,25,27). The molecule has 2 fully saturated rings. The number of hydrogen-bond donors (Lipinski definition) is 2. The highest BCUT2D eigenvalue weighted by Crippen LogP contribution is 2.30. The molecule has 7 nitrogen and oxygen atoms in total. The van der Waals surface area contributed by atoms with E-state index in [-0.39, 0.29) is 35.4 Å². The molecule has 0 bridgehead atoms. The third-order valence-electron chi connectivity index (χ3n) is 5.74. The highest BCUT2D eigenvalue weighted by Gasteiger charge is 2.37. The Kier molecular flexibility index (Phi) is 7.79. The lowest BCUT2D eigenvalue weighted by atomic mass is 9.88. The van der Waals surface area contributed by atoms with Gasteiger partial charge in [0.25, 0.3) is 5.91 Å². The van der Waals surface area contributed by atoms with Crippen LogP contribution in [0, 0.1) is 17.7 Å². The van der Waals surface area contributed by atoms with Crippen molar-refractivity contribution in [1.29, 1.82) is 0 Å². The topological polar surface area (TPSA) is 87.7 Å². The fraction of sp³-hybridized carbons (Fsp3) is 0.591. The van der Waals surface area contributed by atoms with Crippen LogP contribution in [0.1, 0.15) is 42.5 Å². The van der Waals surface area contributed by atoms with Crippen LogP contribution < -0.4 is 10.6 Å². The van der Waals surface area contributed by atoms with Gasteiger partial charge in [-0.2, -0.15) is 0 Å². The highest BCUT2D eigenvalue weighted by atomic mass is 19.1. The van der Waals surface area contributed by atoms with Gasteiger partial charge in [0.05, 0.1) is 0 Å². The van der Waals surface area contributed by atoms with Crippen molar-refractivity contribution < 1.29 is 23.5 Å². The van der Waals surface area contributed by atoms with Crippen molar-refractivity contribution in [1.82, 2.24) is 15.5 Å². The van der Waals surface area contributed by atoms with Gasteiger partial charge in [0.2, 0.25) is 11.8 Å². The third kappa shape index (κ3) is 6.01. The Hall–Kier alpha value is -2.48. The van der Waals surface area contributed by atoms with Crippen LogP contribution in [0.3, 0.4) is 0 Å². The van der Waals surface area contributed by atoms with E-state index in [9.17, 15) is 18.8 Å². The lowest BCUT2D eigenvalue weighted by molar-refractivity contribution is -0.131. The van der Waals surface area contributed by atoms with Gasteiger partial charge < -0.3 is 20.3 Å². The van der Waals surface area contributed by atoms with Gasteiger partial charge in [-0.25, -0.2) is 4.39 Å². The minimum Gasteiger partial charge on any atom is -0.385 e.